The molecule has 4 nitrogen and oxygen atoms in total. The molecule has 0 radical (unpaired) electrons. The first-order valence-corrected chi connectivity index (χ1v) is 10.1. The largest absolute Gasteiger partial charge is 0.481 e. The van der Waals surface area contributed by atoms with Crippen molar-refractivity contribution in [3.63, 3.8) is 0 Å². The van der Waals surface area contributed by atoms with Gasteiger partial charge in [-0.1, -0.05) is 62.6 Å². The molecule has 0 amide bonds. The Labute approximate surface area is 159 Å². The standard InChI is InChI=1S/C22H38O4/c1-2-3-4-5-11-14-17-20(23)21(24)18-15-12-9-7-6-8-10-13-16-19-22(25)26/h6-7,11-12,14-15,20-21,23-24H,2-5,8-10,13,16-19H2,1H3,(H,25,26)/b7-6-,14-11-,15-12-. The minimum absolute atomic E-state index is 0.259. The minimum atomic E-state index is -0.721. The summed E-state index contributed by atoms with van der Waals surface area (Å²) in [6, 6.07) is 0. The summed E-state index contributed by atoms with van der Waals surface area (Å²) in [5.74, 6) is -0.721. The van der Waals surface area contributed by atoms with E-state index >= 15 is 0 Å². The van der Waals surface area contributed by atoms with Crippen LogP contribution in [-0.2, 0) is 4.79 Å². The molecule has 0 fully saturated rings. The summed E-state index contributed by atoms with van der Waals surface area (Å²) < 4.78 is 0. The Bertz CT molecular complexity index is 412. The molecule has 2 atom stereocenters. The summed E-state index contributed by atoms with van der Waals surface area (Å²) in [4.78, 5) is 10.4. The van der Waals surface area contributed by atoms with Crippen LogP contribution in [0.2, 0.25) is 0 Å². The van der Waals surface area contributed by atoms with Crippen LogP contribution >= 0.6 is 0 Å². The van der Waals surface area contributed by atoms with Crippen LogP contribution in [0.15, 0.2) is 36.5 Å². The van der Waals surface area contributed by atoms with Gasteiger partial charge in [0.25, 0.3) is 0 Å². The molecule has 4 heteroatoms. The Hall–Kier alpha value is -1.39. The number of aliphatic hydroxyl groups is 2. The predicted octanol–water partition coefficient (Wildman–Crippen LogP) is 5.16. The zero-order chi connectivity index (χ0) is 19.5. The van der Waals surface area contributed by atoms with Gasteiger partial charge in [-0.05, 0) is 51.4 Å². The average Bonchev–Trinajstić information content (AvgIpc) is 2.61. The second-order valence-electron chi connectivity index (χ2n) is 6.74. The average molecular weight is 367 g/mol. The van der Waals surface area contributed by atoms with Gasteiger partial charge in [-0.15, -0.1) is 0 Å². The number of aliphatic hydroxyl groups excluding tert-OH is 2. The molecule has 0 saturated heterocycles. The molecule has 3 N–H and O–H groups in total. The number of carboxylic acids is 1. The summed E-state index contributed by atoms with van der Waals surface area (Å²) in [7, 11) is 0. The molecule has 0 saturated carbocycles. The van der Waals surface area contributed by atoms with E-state index in [9.17, 15) is 15.0 Å². The molecule has 0 bridgehead atoms. The molecule has 0 aliphatic rings. The third kappa shape index (κ3) is 17.4. The summed E-state index contributed by atoms with van der Waals surface area (Å²) >= 11 is 0. The monoisotopic (exact) mass is 366 g/mol. The number of unbranched alkanes of at least 4 members (excludes halogenated alkanes) is 6. The predicted molar refractivity (Wildman–Crippen MR) is 108 cm³/mol. The first-order valence-electron chi connectivity index (χ1n) is 10.1. The second kappa shape index (κ2) is 18.4. The first-order chi connectivity index (χ1) is 12.6. The van der Waals surface area contributed by atoms with E-state index in [-0.39, 0.29) is 6.42 Å². The molecule has 0 aliphatic carbocycles. The van der Waals surface area contributed by atoms with Gasteiger partial charge in [-0.25, -0.2) is 0 Å². The van der Waals surface area contributed by atoms with Crippen molar-refractivity contribution in [3.05, 3.63) is 36.5 Å². The number of hydrogen-bond acceptors (Lipinski definition) is 3. The maximum absolute atomic E-state index is 10.4. The SMILES string of the molecule is CCCCC/C=C\CC(O)C(O)C/C=C\C/C=C\CCCCCC(=O)O. The van der Waals surface area contributed by atoms with Crippen molar-refractivity contribution in [2.75, 3.05) is 0 Å². The van der Waals surface area contributed by atoms with Crippen LogP contribution in [0.25, 0.3) is 0 Å². The second-order valence-corrected chi connectivity index (χ2v) is 6.74. The fourth-order valence-corrected chi connectivity index (χ4v) is 2.52. The van der Waals surface area contributed by atoms with Crippen LogP contribution in [0.3, 0.4) is 0 Å². The van der Waals surface area contributed by atoms with E-state index in [1.54, 1.807) is 0 Å². The van der Waals surface area contributed by atoms with E-state index in [2.05, 4.69) is 25.2 Å². The highest BCUT2D eigenvalue weighted by atomic mass is 16.4. The van der Waals surface area contributed by atoms with Gasteiger partial charge in [0.15, 0.2) is 0 Å². The molecular formula is C22H38O4. The van der Waals surface area contributed by atoms with Crippen LogP contribution in [0, 0.1) is 0 Å². The topological polar surface area (TPSA) is 77.8 Å². The molecule has 0 aromatic rings. The lowest BCUT2D eigenvalue weighted by atomic mass is 10.1. The number of allylic oxidation sites excluding steroid dienone is 4. The highest BCUT2D eigenvalue weighted by Gasteiger charge is 2.12. The maximum atomic E-state index is 10.4. The molecule has 26 heavy (non-hydrogen) atoms. The van der Waals surface area contributed by atoms with Gasteiger partial charge in [-0.2, -0.15) is 0 Å². The van der Waals surface area contributed by atoms with E-state index in [0.717, 1.165) is 38.5 Å². The van der Waals surface area contributed by atoms with Crippen molar-refractivity contribution in [2.24, 2.45) is 0 Å². The fraction of sp³-hybridized carbons (Fsp3) is 0.682. The van der Waals surface area contributed by atoms with Crippen molar-refractivity contribution in [3.8, 4) is 0 Å². The fourth-order valence-electron chi connectivity index (χ4n) is 2.52. The van der Waals surface area contributed by atoms with Gasteiger partial charge in [0, 0.05) is 6.42 Å². The van der Waals surface area contributed by atoms with Gasteiger partial charge in [-0.3, -0.25) is 4.79 Å². The Morgan fingerprint density at radius 1 is 0.769 bits per heavy atom. The normalized spacial score (nSPS) is 14.6. The molecule has 0 aliphatic heterocycles. The number of carbonyl (C=O) groups is 1. The summed E-state index contributed by atoms with van der Waals surface area (Å²) in [5.41, 5.74) is 0. The van der Waals surface area contributed by atoms with Gasteiger partial charge in [0.05, 0.1) is 12.2 Å². The molecule has 2 unspecified atom stereocenters. The third-order valence-corrected chi connectivity index (χ3v) is 4.21. The molecule has 0 heterocycles. The third-order valence-electron chi connectivity index (χ3n) is 4.21. The molecule has 150 valence electrons. The van der Waals surface area contributed by atoms with Crippen molar-refractivity contribution < 1.29 is 20.1 Å². The zero-order valence-corrected chi connectivity index (χ0v) is 16.4. The Kier molecular flexibility index (Phi) is 17.4. The van der Waals surface area contributed by atoms with Crippen LogP contribution in [0.1, 0.15) is 84.0 Å². The maximum Gasteiger partial charge on any atom is 0.303 e. The Morgan fingerprint density at radius 3 is 1.92 bits per heavy atom. The summed E-state index contributed by atoms with van der Waals surface area (Å²) in [6.07, 6.45) is 21.1. The lowest BCUT2D eigenvalue weighted by molar-refractivity contribution is -0.137. The van der Waals surface area contributed by atoms with E-state index in [1.165, 1.54) is 19.3 Å². The quantitative estimate of drug-likeness (QED) is 0.245. The lowest BCUT2D eigenvalue weighted by Crippen LogP contribution is -2.24. The highest BCUT2D eigenvalue weighted by molar-refractivity contribution is 5.66. The van der Waals surface area contributed by atoms with E-state index in [1.807, 2.05) is 18.2 Å². The summed E-state index contributed by atoms with van der Waals surface area (Å²) in [5, 5.41) is 28.4. The van der Waals surface area contributed by atoms with Crippen LogP contribution in [-0.4, -0.2) is 33.5 Å². The molecule has 0 aromatic carbocycles. The van der Waals surface area contributed by atoms with Crippen LogP contribution < -0.4 is 0 Å². The van der Waals surface area contributed by atoms with E-state index < -0.39 is 18.2 Å². The summed E-state index contributed by atoms with van der Waals surface area (Å²) in [6.45, 7) is 2.18. The Balaban J connectivity index is 3.63. The molecule has 0 aromatic heterocycles. The number of carboxylic acid groups (broad SMARTS) is 1. The van der Waals surface area contributed by atoms with Crippen molar-refractivity contribution >= 4 is 5.97 Å². The van der Waals surface area contributed by atoms with E-state index in [4.69, 9.17) is 5.11 Å². The van der Waals surface area contributed by atoms with E-state index in [0.29, 0.717) is 12.8 Å². The molecule has 0 spiro atoms. The smallest absolute Gasteiger partial charge is 0.303 e. The van der Waals surface area contributed by atoms with Crippen LogP contribution in [0.5, 0.6) is 0 Å². The van der Waals surface area contributed by atoms with Crippen molar-refractivity contribution in [2.45, 2.75) is 96.2 Å². The molecular weight excluding hydrogens is 328 g/mol. The van der Waals surface area contributed by atoms with Crippen LogP contribution in [0.4, 0.5) is 0 Å². The van der Waals surface area contributed by atoms with Gasteiger partial charge < -0.3 is 15.3 Å². The van der Waals surface area contributed by atoms with Gasteiger partial charge >= 0.3 is 5.97 Å². The van der Waals surface area contributed by atoms with Gasteiger partial charge in [0.2, 0.25) is 0 Å². The Morgan fingerprint density at radius 2 is 1.31 bits per heavy atom. The first kappa shape index (κ1) is 24.6. The number of aliphatic carboxylic acids is 1. The highest BCUT2D eigenvalue weighted by Crippen LogP contribution is 2.08. The lowest BCUT2D eigenvalue weighted by Gasteiger charge is -2.14. The zero-order valence-electron chi connectivity index (χ0n) is 16.4. The van der Waals surface area contributed by atoms with Crippen molar-refractivity contribution in [1.29, 1.82) is 0 Å². The van der Waals surface area contributed by atoms with Crippen molar-refractivity contribution in [1.82, 2.24) is 0 Å². The molecule has 0 rings (SSSR count). The number of rotatable bonds is 17. The minimum Gasteiger partial charge on any atom is -0.481 e. The number of hydrogen-bond donors (Lipinski definition) is 3. The van der Waals surface area contributed by atoms with Gasteiger partial charge in [0.1, 0.15) is 0 Å².